The number of benzene rings is 1. The van der Waals surface area contributed by atoms with Gasteiger partial charge in [0.2, 0.25) is 10.0 Å². The zero-order chi connectivity index (χ0) is 14.2. The number of rotatable bonds is 2. The Hall–Kier alpha value is 0.0500. The second kappa shape index (κ2) is 5.81. The molecule has 2 atom stereocenters. The Labute approximate surface area is 130 Å². The third kappa shape index (κ3) is 3.39. The van der Waals surface area contributed by atoms with Crippen LogP contribution in [-0.4, -0.2) is 38.0 Å². The second-order valence-electron chi connectivity index (χ2n) is 4.65. The van der Waals surface area contributed by atoms with Crippen molar-refractivity contribution in [3.63, 3.8) is 0 Å². The highest BCUT2D eigenvalue weighted by molar-refractivity contribution is 9.11. The van der Waals surface area contributed by atoms with E-state index in [2.05, 4.69) is 31.9 Å². The van der Waals surface area contributed by atoms with E-state index < -0.39 is 10.0 Å². The van der Waals surface area contributed by atoms with Crippen LogP contribution in [0.1, 0.15) is 13.8 Å². The molecule has 1 fully saturated rings. The van der Waals surface area contributed by atoms with Crippen molar-refractivity contribution in [1.29, 1.82) is 0 Å². The van der Waals surface area contributed by atoms with Gasteiger partial charge in [-0.25, -0.2) is 8.42 Å². The maximum absolute atomic E-state index is 12.7. The van der Waals surface area contributed by atoms with Crippen LogP contribution < -0.4 is 0 Å². The van der Waals surface area contributed by atoms with Crippen molar-refractivity contribution in [2.75, 3.05) is 13.1 Å². The quantitative estimate of drug-likeness (QED) is 0.749. The predicted octanol–water partition coefficient (Wildman–Crippen LogP) is 3.01. The van der Waals surface area contributed by atoms with Crippen molar-refractivity contribution in [3.05, 3.63) is 27.1 Å². The number of ether oxygens (including phenoxy) is 1. The van der Waals surface area contributed by atoms with Gasteiger partial charge in [0.05, 0.1) is 17.1 Å². The third-order valence-corrected chi connectivity index (χ3v) is 6.22. The van der Waals surface area contributed by atoms with Gasteiger partial charge < -0.3 is 4.74 Å². The number of morpholine rings is 1. The molecule has 0 saturated carbocycles. The first-order chi connectivity index (χ1) is 8.80. The average molecular weight is 413 g/mol. The van der Waals surface area contributed by atoms with Gasteiger partial charge in [0.1, 0.15) is 0 Å². The molecule has 1 aliphatic rings. The molecule has 0 bridgehead atoms. The molecule has 1 heterocycles. The number of hydrogen-bond acceptors (Lipinski definition) is 3. The van der Waals surface area contributed by atoms with Crippen LogP contribution in [0.2, 0.25) is 0 Å². The van der Waals surface area contributed by atoms with E-state index in [4.69, 9.17) is 4.74 Å². The van der Waals surface area contributed by atoms with Gasteiger partial charge in [-0.15, -0.1) is 0 Å². The van der Waals surface area contributed by atoms with E-state index in [1.165, 1.54) is 4.31 Å². The van der Waals surface area contributed by atoms with Crippen molar-refractivity contribution in [3.8, 4) is 0 Å². The van der Waals surface area contributed by atoms with E-state index in [0.29, 0.717) is 17.6 Å². The summed E-state index contributed by atoms with van der Waals surface area (Å²) in [6.45, 7) is 4.53. The van der Waals surface area contributed by atoms with Crippen molar-refractivity contribution in [2.24, 2.45) is 0 Å². The van der Waals surface area contributed by atoms with Crippen molar-refractivity contribution >= 4 is 41.9 Å². The van der Waals surface area contributed by atoms with Gasteiger partial charge in [-0.05, 0) is 48.0 Å². The van der Waals surface area contributed by atoms with Gasteiger partial charge in [-0.2, -0.15) is 4.31 Å². The highest BCUT2D eigenvalue weighted by Crippen LogP contribution is 2.29. The van der Waals surface area contributed by atoms with Gasteiger partial charge in [0.15, 0.2) is 0 Å². The summed E-state index contributed by atoms with van der Waals surface area (Å²) in [5.41, 5.74) is 0. The van der Waals surface area contributed by atoms with Crippen molar-refractivity contribution in [1.82, 2.24) is 4.31 Å². The fourth-order valence-corrected chi connectivity index (χ4v) is 5.19. The molecular formula is C12H15Br2NO3S. The number of hydrogen-bond donors (Lipinski definition) is 0. The Morgan fingerprint density at radius 2 is 1.79 bits per heavy atom. The molecule has 0 spiro atoms. The van der Waals surface area contributed by atoms with Crippen molar-refractivity contribution in [2.45, 2.75) is 31.0 Å². The first-order valence-corrected chi connectivity index (χ1v) is 8.94. The average Bonchev–Trinajstić information content (AvgIpc) is 2.31. The molecule has 1 saturated heterocycles. The van der Waals surface area contributed by atoms with E-state index >= 15 is 0 Å². The molecule has 0 N–H and O–H groups in total. The van der Waals surface area contributed by atoms with Gasteiger partial charge in [-0.3, -0.25) is 0 Å². The van der Waals surface area contributed by atoms with Gasteiger partial charge in [0, 0.05) is 22.0 Å². The van der Waals surface area contributed by atoms with Crippen molar-refractivity contribution < 1.29 is 13.2 Å². The third-order valence-electron chi connectivity index (χ3n) is 2.90. The summed E-state index contributed by atoms with van der Waals surface area (Å²) in [5.74, 6) is 0. The van der Waals surface area contributed by atoms with Crippen LogP contribution >= 0.6 is 31.9 Å². The Morgan fingerprint density at radius 1 is 1.21 bits per heavy atom. The van der Waals surface area contributed by atoms with Crippen LogP contribution in [0.5, 0.6) is 0 Å². The van der Waals surface area contributed by atoms with Crippen LogP contribution in [-0.2, 0) is 14.8 Å². The lowest BCUT2D eigenvalue weighted by Crippen LogP contribution is -2.48. The molecule has 0 amide bonds. The van der Waals surface area contributed by atoms with Gasteiger partial charge >= 0.3 is 0 Å². The summed E-state index contributed by atoms with van der Waals surface area (Å²) in [6, 6.07) is 5.14. The number of nitrogens with zero attached hydrogens (tertiary/aromatic N) is 1. The molecule has 0 unspecified atom stereocenters. The fourth-order valence-electron chi connectivity index (χ4n) is 2.14. The van der Waals surface area contributed by atoms with E-state index in [-0.39, 0.29) is 17.1 Å². The maximum atomic E-state index is 12.7. The minimum atomic E-state index is -3.50. The van der Waals surface area contributed by atoms with Crippen LogP contribution in [0.4, 0.5) is 0 Å². The minimum Gasteiger partial charge on any atom is -0.373 e. The highest BCUT2D eigenvalue weighted by atomic mass is 79.9. The normalized spacial score (nSPS) is 25.5. The molecule has 0 aromatic heterocycles. The lowest BCUT2D eigenvalue weighted by Gasteiger charge is -2.34. The van der Waals surface area contributed by atoms with Crippen LogP contribution in [0.15, 0.2) is 32.0 Å². The van der Waals surface area contributed by atoms with Crippen LogP contribution in [0.3, 0.4) is 0 Å². The van der Waals surface area contributed by atoms with E-state index in [9.17, 15) is 8.42 Å². The molecule has 106 valence electrons. The first kappa shape index (κ1) is 15.4. The molecule has 2 rings (SSSR count). The standard InChI is InChI=1S/C12H15Br2NO3S/c1-8-6-15(7-9(2)18-8)19(16,17)12-5-10(13)3-4-11(12)14/h3-5,8-9H,6-7H2,1-2H3/t8-,9+. The first-order valence-electron chi connectivity index (χ1n) is 5.91. The minimum absolute atomic E-state index is 0.0931. The molecule has 0 aliphatic carbocycles. The zero-order valence-corrected chi connectivity index (χ0v) is 14.6. The monoisotopic (exact) mass is 411 g/mol. The second-order valence-corrected chi connectivity index (χ2v) is 8.33. The molecule has 1 aromatic carbocycles. The summed E-state index contributed by atoms with van der Waals surface area (Å²) >= 11 is 6.61. The number of sulfonamides is 1. The summed E-state index contributed by atoms with van der Waals surface area (Å²) in [7, 11) is -3.50. The van der Waals surface area contributed by atoms with E-state index in [0.717, 1.165) is 4.47 Å². The lowest BCUT2D eigenvalue weighted by molar-refractivity contribution is -0.0440. The zero-order valence-electron chi connectivity index (χ0n) is 10.6. The molecule has 19 heavy (non-hydrogen) atoms. The van der Waals surface area contributed by atoms with Crippen LogP contribution in [0.25, 0.3) is 0 Å². The summed E-state index contributed by atoms with van der Waals surface area (Å²) in [5, 5.41) is 0. The Balaban J connectivity index is 2.39. The van der Waals surface area contributed by atoms with E-state index in [1.807, 2.05) is 13.8 Å². The largest absolute Gasteiger partial charge is 0.373 e. The Kier molecular flexibility index (Phi) is 4.72. The smallest absolute Gasteiger partial charge is 0.244 e. The highest BCUT2D eigenvalue weighted by Gasteiger charge is 2.33. The molecule has 4 nitrogen and oxygen atoms in total. The fraction of sp³-hybridized carbons (Fsp3) is 0.500. The molecule has 0 radical (unpaired) electrons. The van der Waals surface area contributed by atoms with E-state index in [1.54, 1.807) is 18.2 Å². The van der Waals surface area contributed by atoms with Crippen LogP contribution in [0, 0.1) is 0 Å². The Bertz CT molecular complexity index is 566. The molecule has 1 aliphatic heterocycles. The summed E-state index contributed by atoms with van der Waals surface area (Å²) in [4.78, 5) is 0.281. The SMILES string of the molecule is C[C@@H]1CN(S(=O)(=O)c2cc(Br)ccc2Br)C[C@H](C)O1. The number of halogens is 2. The predicted molar refractivity (Wildman–Crippen MR) is 80.6 cm³/mol. The summed E-state index contributed by atoms with van der Waals surface area (Å²) in [6.07, 6.45) is -0.186. The molecular weight excluding hydrogens is 398 g/mol. The van der Waals surface area contributed by atoms with Gasteiger partial charge in [-0.1, -0.05) is 15.9 Å². The van der Waals surface area contributed by atoms with Gasteiger partial charge in [0.25, 0.3) is 0 Å². The topological polar surface area (TPSA) is 46.6 Å². The lowest BCUT2D eigenvalue weighted by atomic mass is 10.3. The Morgan fingerprint density at radius 3 is 2.37 bits per heavy atom. The maximum Gasteiger partial charge on any atom is 0.244 e. The molecule has 1 aromatic rings. The molecule has 7 heteroatoms. The summed E-state index contributed by atoms with van der Waals surface area (Å²) < 4.78 is 33.7.